The first kappa shape index (κ1) is 15.5. The Labute approximate surface area is 125 Å². The first-order chi connectivity index (χ1) is 10.1. The van der Waals surface area contributed by atoms with Crippen LogP contribution in [0.25, 0.3) is 0 Å². The summed E-state index contributed by atoms with van der Waals surface area (Å²) in [7, 11) is 0. The fourth-order valence-corrected chi connectivity index (χ4v) is 2.82. The lowest BCUT2D eigenvalue weighted by atomic mass is 9.93. The Morgan fingerprint density at radius 2 is 2.24 bits per heavy atom. The molecule has 1 unspecified atom stereocenters. The first-order valence-corrected chi connectivity index (χ1v) is 7.71. The third-order valence-electron chi connectivity index (χ3n) is 4.17. The Morgan fingerprint density at radius 1 is 1.48 bits per heavy atom. The lowest BCUT2D eigenvalue weighted by molar-refractivity contribution is 0.0716. The number of hydrogen-bond donors (Lipinski definition) is 1. The first-order valence-electron chi connectivity index (χ1n) is 7.71. The van der Waals surface area contributed by atoms with Gasteiger partial charge in [0.05, 0.1) is 11.4 Å². The van der Waals surface area contributed by atoms with E-state index in [1.807, 2.05) is 24.8 Å². The summed E-state index contributed by atoms with van der Waals surface area (Å²) in [4.78, 5) is 14.6. The van der Waals surface area contributed by atoms with E-state index in [0.29, 0.717) is 31.7 Å². The molecule has 0 aliphatic carbocycles. The zero-order chi connectivity index (χ0) is 15.4. The summed E-state index contributed by atoms with van der Waals surface area (Å²) in [5.41, 5.74) is 2.41. The molecule has 0 aromatic carbocycles. The number of amides is 1. The van der Waals surface area contributed by atoms with Crippen molar-refractivity contribution in [1.29, 1.82) is 0 Å². The molecule has 1 N–H and O–H groups in total. The zero-order valence-corrected chi connectivity index (χ0v) is 13.0. The number of rotatable bonds is 4. The van der Waals surface area contributed by atoms with Crippen molar-refractivity contribution in [2.45, 2.75) is 46.6 Å². The van der Waals surface area contributed by atoms with Gasteiger partial charge in [-0.1, -0.05) is 19.0 Å². The second-order valence-electron chi connectivity index (χ2n) is 5.39. The van der Waals surface area contributed by atoms with Gasteiger partial charge in [-0.05, 0) is 25.8 Å². The van der Waals surface area contributed by atoms with Crippen molar-refractivity contribution >= 4 is 11.6 Å². The number of aryl methyl sites for hydroxylation is 2. The summed E-state index contributed by atoms with van der Waals surface area (Å²) in [5, 5.41) is 16.8. The van der Waals surface area contributed by atoms with E-state index in [1.165, 1.54) is 0 Å². The standard InChI is InChI=1S/C15H24N4O2/c1-4-11-10-18(8-7-13(11)17-21)15(20)14-9-12(5-2)16-19(14)6-3/h9,11,21H,4-8,10H2,1-3H3. The minimum atomic E-state index is 0.0273. The fourth-order valence-electron chi connectivity index (χ4n) is 2.82. The van der Waals surface area contributed by atoms with E-state index in [1.54, 1.807) is 4.68 Å². The van der Waals surface area contributed by atoms with Gasteiger partial charge in [0.2, 0.25) is 0 Å². The number of piperidine rings is 1. The monoisotopic (exact) mass is 292 g/mol. The maximum Gasteiger partial charge on any atom is 0.272 e. The minimum Gasteiger partial charge on any atom is -0.411 e. The lowest BCUT2D eigenvalue weighted by Gasteiger charge is -2.32. The predicted octanol–water partition coefficient (Wildman–Crippen LogP) is 2.17. The molecule has 1 amide bonds. The van der Waals surface area contributed by atoms with Crippen molar-refractivity contribution < 1.29 is 10.0 Å². The topological polar surface area (TPSA) is 70.7 Å². The summed E-state index contributed by atoms with van der Waals surface area (Å²) in [6.07, 6.45) is 2.34. The molecule has 6 nitrogen and oxygen atoms in total. The molecule has 2 rings (SSSR count). The van der Waals surface area contributed by atoms with Gasteiger partial charge in [0.25, 0.3) is 5.91 Å². The maximum atomic E-state index is 12.7. The number of likely N-dealkylation sites (tertiary alicyclic amines) is 1. The number of carbonyl (C=O) groups is 1. The van der Waals surface area contributed by atoms with Gasteiger partial charge < -0.3 is 10.1 Å². The molecule has 1 aliphatic rings. The van der Waals surface area contributed by atoms with Crippen LogP contribution in [0.3, 0.4) is 0 Å². The van der Waals surface area contributed by atoms with Gasteiger partial charge in [0.15, 0.2) is 0 Å². The van der Waals surface area contributed by atoms with Crippen molar-refractivity contribution in [2.24, 2.45) is 11.1 Å². The van der Waals surface area contributed by atoms with E-state index in [2.05, 4.69) is 17.2 Å². The van der Waals surface area contributed by atoms with Crippen LogP contribution in [0.5, 0.6) is 0 Å². The molecule has 21 heavy (non-hydrogen) atoms. The lowest BCUT2D eigenvalue weighted by Crippen LogP contribution is -2.44. The smallest absolute Gasteiger partial charge is 0.272 e. The van der Waals surface area contributed by atoms with Crippen molar-refractivity contribution in [1.82, 2.24) is 14.7 Å². The average Bonchev–Trinajstić information content (AvgIpc) is 2.96. The SMILES string of the molecule is CCc1cc(C(=O)N2CCC(=NO)C(CC)C2)n(CC)n1. The van der Waals surface area contributed by atoms with Gasteiger partial charge in [0, 0.05) is 32.0 Å². The molecule has 1 aromatic heterocycles. The summed E-state index contributed by atoms with van der Waals surface area (Å²) in [5.74, 6) is 0.177. The zero-order valence-electron chi connectivity index (χ0n) is 13.0. The molecule has 1 aromatic rings. The van der Waals surface area contributed by atoms with E-state index in [4.69, 9.17) is 5.21 Å². The average molecular weight is 292 g/mol. The summed E-state index contributed by atoms with van der Waals surface area (Å²) >= 11 is 0. The van der Waals surface area contributed by atoms with Crippen LogP contribution in [0.4, 0.5) is 0 Å². The van der Waals surface area contributed by atoms with E-state index >= 15 is 0 Å². The van der Waals surface area contributed by atoms with Gasteiger partial charge in [-0.3, -0.25) is 9.48 Å². The second kappa shape index (κ2) is 6.74. The highest BCUT2D eigenvalue weighted by Gasteiger charge is 2.29. The molecule has 0 saturated carbocycles. The van der Waals surface area contributed by atoms with Gasteiger partial charge >= 0.3 is 0 Å². The second-order valence-corrected chi connectivity index (χ2v) is 5.39. The Kier molecular flexibility index (Phi) is 4.98. The number of aromatic nitrogens is 2. The highest BCUT2D eigenvalue weighted by Crippen LogP contribution is 2.20. The molecule has 1 atom stereocenters. The van der Waals surface area contributed by atoms with E-state index < -0.39 is 0 Å². The highest BCUT2D eigenvalue weighted by molar-refractivity contribution is 5.95. The van der Waals surface area contributed by atoms with Crippen LogP contribution in [-0.4, -0.2) is 44.6 Å². The summed E-state index contributed by atoms with van der Waals surface area (Å²) in [6.45, 7) is 7.99. The normalized spacial score (nSPS) is 21.0. The third-order valence-corrected chi connectivity index (χ3v) is 4.17. The molecule has 1 aliphatic heterocycles. The Bertz CT molecular complexity index is 536. The van der Waals surface area contributed by atoms with Crippen molar-refractivity contribution in [3.63, 3.8) is 0 Å². The van der Waals surface area contributed by atoms with Crippen LogP contribution in [0, 0.1) is 5.92 Å². The van der Waals surface area contributed by atoms with Crippen LogP contribution in [0.1, 0.15) is 49.8 Å². The quantitative estimate of drug-likeness (QED) is 0.683. The number of nitrogens with zero attached hydrogens (tertiary/aromatic N) is 4. The molecule has 0 bridgehead atoms. The van der Waals surface area contributed by atoms with Crippen molar-refractivity contribution in [2.75, 3.05) is 13.1 Å². The Hall–Kier alpha value is -1.85. The molecule has 1 saturated heterocycles. The minimum absolute atomic E-state index is 0.0273. The number of carbonyl (C=O) groups excluding carboxylic acids is 1. The van der Waals surface area contributed by atoms with Gasteiger partial charge in [-0.25, -0.2) is 0 Å². The molecule has 0 spiro atoms. The molecular formula is C15H24N4O2. The molecule has 116 valence electrons. The Morgan fingerprint density at radius 3 is 2.81 bits per heavy atom. The third kappa shape index (κ3) is 3.09. The molecule has 0 radical (unpaired) electrons. The predicted molar refractivity (Wildman–Crippen MR) is 80.8 cm³/mol. The summed E-state index contributed by atoms with van der Waals surface area (Å²) in [6, 6.07) is 1.89. The molecular weight excluding hydrogens is 268 g/mol. The molecule has 6 heteroatoms. The van der Waals surface area contributed by atoms with Crippen LogP contribution in [0.2, 0.25) is 0 Å². The van der Waals surface area contributed by atoms with Crippen molar-refractivity contribution in [3.05, 3.63) is 17.5 Å². The van der Waals surface area contributed by atoms with Gasteiger partial charge in [-0.2, -0.15) is 5.10 Å². The van der Waals surface area contributed by atoms with E-state index in [9.17, 15) is 4.79 Å². The maximum absolute atomic E-state index is 12.7. The van der Waals surface area contributed by atoms with Crippen LogP contribution >= 0.6 is 0 Å². The molecule has 1 fully saturated rings. The Balaban J connectivity index is 2.19. The van der Waals surface area contributed by atoms with Crippen LogP contribution in [0.15, 0.2) is 11.2 Å². The van der Waals surface area contributed by atoms with Gasteiger partial charge in [0.1, 0.15) is 5.69 Å². The van der Waals surface area contributed by atoms with Crippen LogP contribution < -0.4 is 0 Å². The summed E-state index contributed by atoms with van der Waals surface area (Å²) < 4.78 is 1.78. The van der Waals surface area contributed by atoms with E-state index in [-0.39, 0.29) is 11.8 Å². The van der Waals surface area contributed by atoms with Crippen LogP contribution in [-0.2, 0) is 13.0 Å². The van der Waals surface area contributed by atoms with Gasteiger partial charge in [-0.15, -0.1) is 0 Å². The fraction of sp³-hybridized carbons (Fsp3) is 0.667. The highest BCUT2D eigenvalue weighted by atomic mass is 16.4. The molecule has 2 heterocycles. The van der Waals surface area contributed by atoms with E-state index in [0.717, 1.165) is 24.2 Å². The number of oxime groups is 1. The largest absolute Gasteiger partial charge is 0.411 e. The number of hydrogen-bond acceptors (Lipinski definition) is 4. The van der Waals surface area contributed by atoms with Crippen molar-refractivity contribution in [3.8, 4) is 0 Å².